The van der Waals surface area contributed by atoms with Crippen molar-refractivity contribution in [3.8, 4) is 0 Å². The number of piperazine rings is 1. The first kappa shape index (κ1) is 18.6. The number of hydrogen-bond acceptors (Lipinski definition) is 5. The third-order valence-electron chi connectivity index (χ3n) is 5.45. The van der Waals surface area contributed by atoms with Gasteiger partial charge in [0.05, 0.1) is 10.5 Å². The highest BCUT2D eigenvalue weighted by molar-refractivity contribution is 6.07. The second kappa shape index (κ2) is 8.94. The van der Waals surface area contributed by atoms with Crippen LogP contribution in [0.2, 0.25) is 0 Å². The molecule has 0 spiro atoms. The maximum absolute atomic E-state index is 12.3. The summed E-state index contributed by atoms with van der Waals surface area (Å²) in [5, 5.41) is 11.0. The number of rotatable bonds is 6. The monoisotopic (exact) mass is 357 g/mol. The summed E-state index contributed by atoms with van der Waals surface area (Å²) >= 11 is 0. The molecule has 1 aromatic rings. The largest absolute Gasteiger partial charge is 0.375 e. The van der Waals surface area contributed by atoms with Crippen LogP contribution >= 0.6 is 0 Å². The molecule has 1 aliphatic carbocycles. The third-order valence-corrected chi connectivity index (χ3v) is 5.45. The number of nitrogens with zero attached hydrogens (tertiary/aromatic N) is 3. The molecule has 6 heteroatoms. The summed E-state index contributed by atoms with van der Waals surface area (Å²) in [4.78, 5) is 27.5. The molecule has 1 saturated carbocycles. The van der Waals surface area contributed by atoms with Crippen molar-refractivity contribution in [3.05, 3.63) is 52.2 Å². The maximum atomic E-state index is 12.3. The van der Waals surface area contributed by atoms with E-state index < -0.39 is 4.92 Å². The van der Waals surface area contributed by atoms with E-state index in [-0.39, 0.29) is 17.0 Å². The van der Waals surface area contributed by atoms with Crippen LogP contribution in [0.25, 0.3) is 0 Å². The first-order valence-corrected chi connectivity index (χ1v) is 9.56. The zero-order valence-electron chi connectivity index (χ0n) is 15.2. The Morgan fingerprint density at radius 3 is 2.50 bits per heavy atom. The Hall–Kier alpha value is -2.21. The lowest BCUT2D eigenvalue weighted by atomic mass is 9.89. The zero-order valence-corrected chi connectivity index (χ0v) is 15.2. The van der Waals surface area contributed by atoms with Crippen LogP contribution in [-0.4, -0.2) is 53.2 Å². The van der Waals surface area contributed by atoms with Gasteiger partial charge < -0.3 is 4.90 Å². The summed E-state index contributed by atoms with van der Waals surface area (Å²) in [6.45, 7) is 5.02. The van der Waals surface area contributed by atoms with Crippen LogP contribution in [0.4, 0.5) is 5.69 Å². The molecule has 1 saturated heterocycles. The molecule has 2 aliphatic rings. The van der Waals surface area contributed by atoms with E-state index in [2.05, 4.69) is 9.80 Å². The lowest BCUT2D eigenvalue weighted by Gasteiger charge is -2.36. The molecule has 0 atom stereocenters. The molecule has 26 heavy (non-hydrogen) atoms. The van der Waals surface area contributed by atoms with Gasteiger partial charge in [0.15, 0.2) is 5.78 Å². The molecule has 0 bridgehead atoms. The SMILES string of the molecule is O=C(C=CN1CCN(CC2CCCCC2)CC1)c1ccccc1[N+](=O)[O-]. The quantitative estimate of drug-likeness (QED) is 0.337. The Morgan fingerprint density at radius 2 is 1.81 bits per heavy atom. The number of allylic oxidation sites excluding steroid dienone is 1. The predicted molar refractivity (Wildman–Crippen MR) is 101 cm³/mol. The molecule has 140 valence electrons. The van der Waals surface area contributed by atoms with E-state index in [1.54, 1.807) is 18.3 Å². The van der Waals surface area contributed by atoms with E-state index in [9.17, 15) is 14.9 Å². The van der Waals surface area contributed by atoms with Crippen molar-refractivity contribution in [1.82, 2.24) is 9.80 Å². The van der Waals surface area contributed by atoms with Crippen molar-refractivity contribution in [2.24, 2.45) is 5.92 Å². The molecule has 6 nitrogen and oxygen atoms in total. The molecule has 0 N–H and O–H groups in total. The van der Waals surface area contributed by atoms with Crippen LogP contribution in [0.5, 0.6) is 0 Å². The molecule has 0 unspecified atom stereocenters. The number of nitro benzene ring substituents is 1. The molecule has 1 aromatic carbocycles. The predicted octanol–water partition coefficient (Wildman–Crippen LogP) is 3.49. The molecule has 2 fully saturated rings. The molecule has 0 radical (unpaired) electrons. The number of carbonyl (C=O) groups is 1. The van der Waals surface area contributed by atoms with Crippen LogP contribution < -0.4 is 0 Å². The molecule has 1 heterocycles. The zero-order chi connectivity index (χ0) is 18.4. The van der Waals surface area contributed by atoms with Gasteiger partial charge in [-0.3, -0.25) is 19.8 Å². The van der Waals surface area contributed by atoms with E-state index in [4.69, 9.17) is 0 Å². The van der Waals surface area contributed by atoms with Gasteiger partial charge in [0, 0.05) is 51.1 Å². The molecule has 1 aliphatic heterocycles. The van der Waals surface area contributed by atoms with Gasteiger partial charge in [-0.2, -0.15) is 0 Å². The standard InChI is InChI=1S/C20H27N3O3/c24-20(18-8-4-5-9-19(18)23(25)26)10-11-21-12-14-22(15-13-21)16-17-6-2-1-3-7-17/h4-5,8-11,17H,1-3,6-7,12-16H2. The summed E-state index contributed by atoms with van der Waals surface area (Å²) in [7, 11) is 0. The van der Waals surface area contributed by atoms with Crippen molar-refractivity contribution in [3.63, 3.8) is 0 Å². The third kappa shape index (κ3) is 4.91. The topological polar surface area (TPSA) is 66.7 Å². The highest BCUT2D eigenvalue weighted by atomic mass is 16.6. The van der Waals surface area contributed by atoms with E-state index in [1.807, 2.05) is 0 Å². The van der Waals surface area contributed by atoms with E-state index in [0.29, 0.717) is 0 Å². The lowest BCUT2D eigenvalue weighted by molar-refractivity contribution is -0.385. The Labute approximate surface area is 154 Å². The summed E-state index contributed by atoms with van der Waals surface area (Å²) in [5.74, 6) is 0.535. The first-order chi connectivity index (χ1) is 12.6. The summed E-state index contributed by atoms with van der Waals surface area (Å²) in [6, 6.07) is 6.10. The van der Waals surface area contributed by atoms with Crippen molar-refractivity contribution in [2.75, 3.05) is 32.7 Å². The molecular formula is C20H27N3O3. The van der Waals surface area contributed by atoms with Gasteiger partial charge in [-0.05, 0) is 24.8 Å². The highest BCUT2D eigenvalue weighted by Gasteiger charge is 2.21. The first-order valence-electron chi connectivity index (χ1n) is 9.56. The normalized spacial score (nSPS) is 19.8. The van der Waals surface area contributed by atoms with Gasteiger partial charge in [-0.15, -0.1) is 0 Å². The van der Waals surface area contributed by atoms with Gasteiger partial charge in [0.25, 0.3) is 5.69 Å². The van der Waals surface area contributed by atoms with E-state index in [1.165, 1.54) is 56.9 Å². The molecule has 0 amide bonds. The Morgan fingerprint density at radius 1 is 1.12 bits per heavy atom. The number of para-hydroxylation sites is 1. The second-order valence-corrected chi connectivity index (χ2v) is 7.29. The van der Waals surface area contributed by atoms with Crippen LogP contribution in [0.3, 0.4) is 0 Å². The summed E-state index contributed by atoms with van der Waals surface area (Å²) < 4.78 is 0. The van der Waals surface area contributed by atoms with Gasteiger partial charge in [-0.25, -0.2) is 0 Å². The fourth-order valence-corrected chi connectivity index (χ4v) is 3.93. The van der Waals surface area contributed by atoms with Crippen molar-refractivity contribution >= 4 is 11.5 Å². The minimum atomic E-state index is -0.509. The van der Waals surface area contributed by atoms with Gasteiger partial charge in [0.2, 0.25) is 0 Å². The minimum Gasteiger partial charge on any atom is -0.375 e. The highest BCUT2D eigenvalue weighted by Crippen LogP contribution is 2.25. The van der Waals surface area contributed by atoms with E-state index in [0.717, 1.165) is 32.1 Å². The average molecular weight is 357 g/mol. The Balaban J connectivity index is 1.49. The number of ketones is 1. The smallest absolute Gasteiger partial charge is 0.280 e. The van der Waals surface area contributed by atoms with Crippen molar-refractivity contribution in [2.45, 2.75) is 32.1 Å². The van der Waals surface area contributed by atoms with Gasteiger partial charge in [-0.1, -0.05) is 31.4 Å². The molecule has 3 rings (SSSR count). The van der Waals surface area contributed by atoms with Crippen LogP contribution in [-0.2, 0) is 0 Å². The Kier molecular flexibility index (Phi) is 6.39. The van der Waals surface area contributed by atoms with Crippen LogP contribution in [0.15, 0.2) is 36.5 Å². The number of carbonyl (C=O) groups excluding carboxylic acids is 1. The van der Waals surface area contributed by atoms with Crippen LogP contribution in [0, 0.1) is 16.0 Å². The second-order valence-electron chi connectivity index (χ2n) is 7.29. The maximum Gasteiger partial charge on any atom is 0.280 e. The lowest BCUT2D eigenvalue weighted by Crippen LogP contribution is -2.45. The van der Waals surface area contributed by atoms with E-state index >= 15 is 0 Å². The minimum absolute atomic E-state index is 0.139. The molecule has 0 aromatic heterocycles. The number of nitro groups is 1. The average Bonchev–Trinajstić information content (AvgIpc) is 2.68. The Bertz CT molecular complexity index is 660. The number of hydrogen-bond donors (Lipinski definition) is 0. The number of benzene rings is 1. The van der Waals surface area contributed by atoms with Crippen molar-refractivity contribution < 1.29 is 9.72 Å². The summed E-state index contributed by atoms with van der Waals surface area (Å²) in [6.07, 6.45) is 10.1. The summed E-state index contributed by atoms with van der Waals surface area (Å²) in [5.41, 5.74) is 0.00383. The fraction of sp³-hybridized carbons (Fsp3) is 0.550. The fourth-order valence-electron chi connectivity index (χ4n) is 3.93. The van der Waals surface area contributed by atoms with Crippen molar-refractivity contribution in [1.29, 1.82) is 0 Å². The van der Waals surface area contributed by atoms with Gasteiger partial charge in [0.1, 0.15) is 0 Å². The van der Waals surface area contributed by atoms with Crippen LogP contribution in [0.1, 0.15) is 42.5 Å². The molecular weight excluding hydrogens is 330 g/mol. The van der Waals surface area contributed by atoms with Gasteiger partial charge >= 0.3 is 0 Å².